The number of nitrogens with one attached hydrogen (secondary N) is 3. The normalized spacial score (nSPS) is 11.7. The Labute approximate surface area is 137 Å². The minimum absolute atomic E-state index is 0.379. The first-order chi connectivity index (χ1) is 10.6. The van der Waals surface area contributed by atoms with E-state index in [1.807, 2.05) is 0 Å². The second-order valence-corrected chi connectivity index (χ2v) is 7.23. The number of hydrogen-bond donors (Lipinski definition) is 4. The first-order valence-corrected chi connectivity index (χ1v) is 8.71. The van der Waals surface area contributed by atoms with Gasteiger partial charge in [-0.1, -0.05) is 6.07 Å². The Bertz CT molecular complexity index is 626. The molecule has 130 valence electrons. The molecule has 9 heteroatoms. The standard InChI is InChI=1S/C14H24N4O4S/c1-14(2,3)22-13(19)17-9-5-8-16-11-6-4-7-12(10-11)18-23(15,20)21/h4,6-7,10,16,18H,5,8-9H2,1-3H3,(H,17,19)(H2,15,20,21). The van der Waals surface area contributed by atoms with E-state index in [0.717, 1.165) is 5.69 Å². The van der Waals surface area contributed by atoms with Crippen LogP contribution < -0.4 is 20.5 Å². The summed E-state index contributed by atoms with van der Waals surface area (Å²) < 4.78 is 29.2. The monoisotopic (exact) mass is 344 g/mol. The Morgan fingerprint density at radius 2 is 1.87 bits per heavy atom. The van der Waals surface area contributed by atoms with Gasteiger partial charge in [0.2, 0.25) is 0 Å². The second-order valence-electron chi connectivity index (χ2n) is 5.94. The lowest BCUT2D eigenvalue weighted by molar-refractivity contribution is 0.0528. The third-order valence-corrected chi connectivity index (χ3v) is 2.99. The Hall–Kier alpha value is -2.00. The molecule has 1 aromatic carbocycles. The van der Waals surface area contributed by atoms with Gasteiger partial charge in [-0.15, -0.1) is 0 Å². The third-order valence-electron chi connectivity index (χ3n) is 2.47. The van der Waals surface area contributed by atoms with Crippen LogP contribution in [0.25, 0.3) is 0 Å². The largest absolute Gasteiger partial charge is 0.444 e. The fourth-order valence-electron chi connectivity index (χ4n) is 1.68. The molecule has 0 heterocycles. The van der Waals surface area contributed by atoms with Crippen LogP contribution in [-0.4, -0.2) is 33.2 Å². The number of hydrogen-bond acceptors (Lipinski definition) is 5. The van der Waals surface area contributed by atoms with Gasteiger partial charge < -0.3 is 15.4 Å². The molecule has 0 fully saturated rings. The van der Waals surface area contributed by atoms with E-state index in [1.165, 1.54) is 0 Å². The van der Waals surface area contributed by atoms with Crippen LogP contribution in [0.5, 0.6) is 0 Å². The SMILES string of the molecule is CC(C)(C)OC(=O)NCCCNc1cccc(NS(N)(=O)=O)c1. The molecular weight excluding hydrogens is 320 g/mol. The molecule has 0 saturated carbocycles. The van der Waals surface area contributed by atoms with Crippen LogP contribution in [-0.2, 0) is 14.9 Å². The summed E-state index contributed by atoms with van der Waals surface area (Å²) in [6.45, 7) is 6.48. The quantitative estimate of drug-likeness (QED) is 0.560. The maximum Gasteiger partial charge on any atom is 0.407 e. The Kier molecular flexibility index (Phi) is 6.64. The van der Waals surface area contributed by atoms with Crippen molar-refractivity contribution in [2.24, 2.45) is 5.14 Å². The summed E-state index contributed by atoms with van der Waals surface area (Å²) in [5, 5.41) is 10.7. The molecule has 5 N–H and O–H groups in total. The first kappa shape index (κ1) is 19.0. The summed E-state index contributed by atoms with van der Waals surface area (Å²) in [4.78, 5) is 11.4. The van der Waals surface area contributed by atoms with Crippen LogP contribution in [0.1, 0.15) is 27.2 Å². The summed E-state index contributed by atoms with van der Waals surface area (Å²) >= 11 is 0. The van der Waals surface area contributed by atoms with E-state index in [2.05, 4.69) is 15.4 Å². The average Bonchev–Trinajstić information content (AvgIpc) is 2.34. The number of carbonyl (C=O) groups is 1. The van der Waals surface area contributed by atoms with Crippen molar-refractivity contribution >= 4 is 27.7 Å². The highest BCUT2D eigenvalue weighted by Crippen LogP contribution is 2.15. The molecule has 8 nitrogen and oxygen atoms in total. The van der Waals surface area contributed by atoms with Crippen molar-refractivity contribution in [1.29, 1.82) is 0 Å². The van der Waals surface area contributed by atoms with Crippen molar-refractivity contribution in [1.82, 2.24) is 5.32 Å². The second kappa shape index (κ2) is 8.02. The molecule has 0 aliphatic heterocycles. The summed E-state index contributed by atoms with van der Waals surface area (Å²) in [6.07, 6.45) is 0.239. The van der Waals surface area contributed by atoms with Crippen molar-refractivity contribution in [3.63, 3.8) is 0 Å². The van der Waals surface area contributed by atoms with E-state index < -0.39 is 21.9 Å². The number of anilines is 2. The molecule has 0 bridgehead atoms. The van der Waals surface area contributed by atoms with Crippen molar-refractivity contribution in [2.75, 3.05) is 23.1 Å². The van der Waals surface area contributed by atoms with Crippen molar-refractivity contribution in [3.8, 4) is 0 Å². The fourth-order valence-corrected chi connectivity index (χ4v) is 2.14. The highest BCUT2D eigenvalue weighted by Gasteiger charge is 2.15. The molecule has 0 aromatic heterocycles. The maximum atomic E-state index is 11.4. The number of nitrogens with two attached hydrogens (primary N) is 1. The summed E-state index contributed by atoms with van der Waals surface area (Å²) in [7, 11) is -3.79. The van der Waals surface area contributed by atoms with Crippen LogP contribution in [0, 0.1) is 0 Å². The number of ether oxygens (including phenoxy) is 1. The minimum atomic E-state index is -3.79. The van der Waals surface area contributed by atoms with Crippen molar-refractivity contribution in [2.45, 2.75) is 32.8 Å². The van der Waals surface area contributed by atoms with Gasteiger partial charge >= 0.3 is 6.09 Å². The van der Waals surface area contributed by atoms with Crippen LogP contribution in [0.2, 0.25) is 0 Å². The molecule has 0 atom stereocenters. The van der Waals surface area contributed by atoms with Gasteiger partial charge in [0.1, 0.15) is 5.60 Å². The molecule has 0 aliphatic rings. The lowest BCUT2D eigenvalue weighted by atomic mass is 10.2. The molecule has 23 heavy (non-hydrogen) atoms. The van der Waals surface area contributed by atoms with Crippen LogP contribution >= 0.6 is 0 Å². The van der Waals surface area contributed by atoms with Crippen LogP contribution in [0.15, 0.2) is 24.3 Å². The zero-order valence-corrected chi connectivity index (χ0v) is 14.4. The Morgan fingerprint density at radius 3 is 2.48 bits per heavy atom. The fraction of sp³-hybridized carbons (Fsp3) is 0.500. The van der Waals surface area contributed by atoms with Gasteiger partial charge in [-0.2, -0.15) is 8.42 Å². The number of carbonyl (C=O) groups excluding carboxylic acids is 1. The van der Waals surface area contributed by atoms with Crippen molar-refractivity contribution < 1.29 is 17.9 Å². The average molecular weight is 344 g/mol. The highest BCUT2D eigenvalue weighted by molar-refractivity contribution is 7.90. The van der Waals surface area contributed by atoms with E-state index >= 15 is 0 Å². The number of amides is 1. The van der Waals surface area contributed by atoms with Gasteiger partial charge in [0, 0.05) is 18.8 Å². The summed E-state index contributed by atoms with van der Waals surface area (Å²) in [6, 6.07) is 6.73. The number of benzene rings is 1. The van der Waals surface area contributed by atoms with E-state index in [4.69, 9.17) is 9.88 Å². The molecule has 0 unspecified atom stereocenters. The number of alkyl carbamates (subject to hydrolysis) is 1. The summed E-state index contributed by atoms with van der Waals surface area (Å²) in [5.41, 5.74) is 0.610. The third kappa shape index (κ3) is 9.59. The topological polar surface area (TPSA) is 123 Å². The Balaban J connectivity index is 2.31. The smallest absolute Gasteiger partial charge is 0.407 e. The van der Waals surface area contributed by atoms with Gasteiger partial charge in [0.15, 0.2) is 0 Å². The predicted octanol–water partition coefficient (Wildman–Crippen LogP) is 1.63. The molecule has 0 spiro atoms. The zero-order chi connectivity index (χ0) is 17.5. The maximum absolute atomic E-state index is 11.4. The molecule has 0 aliphatic carbocycles. The summed E-state index contributed by atoms with van der Waals surface area (Å²) in [5.74, 6) is 0. The lowest BCUT2D eigenvalue weighted by Crippen LogP contribution is -2.33. The van der Waals surface area contributed by atoms with Crippen LogP contribution in [0.4, 0.5) is 16.2 Å². The number of rotatable bonds is 7. The molecule has 1 amide bonds. The highest BCUT2D eigenvalue weighted by atomic mass is 32.2. The lowest BCUT2D eigenvalue weighted by Gasteiger charge is -2.19. The van der Waals surface area contributed by atoms with E-state index in [-0.39, 0.29) is 0 Å². The molecule has 1 rings (SSSR count). The first-order valence-electron chi connectivity index (χ1n) is 7.16. The van der Waals surface area contributed by atoms with Gasteiger partial charge in [0.05, 0.1) is 5.69 Å². The van der Waals surface area contributed by atoms with E-state index in [1.54, 1.807) is 45.0 Å². The molecule has 1 aromatic rings. The zero-order valence-electron chi connectivity index (χ0n) is 13.5. The minimum Gasteiger partial charge on any atom is -0.444 e. The molecular formula is C14H24N4O4S. The van der Waals surface area contributed by atoms with Crippen molar-refractivity contribution in [3.05, 3.63) is 24.3 Å². The van der Waals surface area contributed by atoms with Gasteiger partial charge in [0.25, 0.3) is 10.2 Å². The molecule has 0 saturated heterocycles. The van der Waals surface area contributed by atoms with E-state index in [9.17, 15) is 13.2 Å². The van der Waals surface area contributed by atoms with Gasteiger partial charge in [-0.05, 0) is 45.4 Å². The van der Waals surface area contributed by atoms with Gasteiger partial charge in [-0.3, -0.25) is 4.72 Å². The Morgan fingerprint density at radius 1 is 1.22 bits per heavy atom. The van der Waals surface area contributed by atoms with Crippen LogP contribution in [0.3, 0.4) is 0 Å². The molecule has 0 radical (unpaired) electrons. The van der Waals surface area contributed by atoms with Gasteiger partial charge in [-0.25, -0.2) is 9.93 Å². The predicted molar refractivity (Wildman–Crippen MR) is 90.5 cm³/mol. The van der Waals surface area contributed by atoms with E-state index in [0.29, 0.717) is 25.2 Å².